The Labute approximate surface area is 144 Å². The molecule has 0 fully saturated rings. The molecule has 0 radical (unpaired) electrons. The molecular weight excluding hydrogens is 276 g/mol. The largest absolute Gasteiger partial charge is 0.0840 e. The number of allylic oxidation sites excluding steroid dienone is 4. The van der Waals surface area contributed by atoms with Crippen LogP contribution in [0, 0.1) is 11.8 Å². The van der Waals surface area contributed by atoms with E-state index in [0.29, 0.717) is 0 Å². The van der Waals surface area contributed by atoms with Crippen molar-refractivity contribution in [3.63, 3.8) is 0 Å². The van der Waals surface area contributed by atoms with Crippen LogP contribution in [0.4, 0.5) is 0 Å². The third-order valence-corrected chi connectivity index (χ3v) is 4.94. The molecule has 1 aromatic carbocycles. The quantitative estimate of drug-likeness (QED) is 0.446. The summed E-state index contributed by atoms with van der Waals surface area (Å²) in [6, 6.07) is 10.9. The summed E-state index contributed by atoms with van der Waals surface area (Å²) in [5.74, 6) is 1.70. The second kappa shape index (κ2) is 11.3. The van der Waals surface area contributed by atoms with Crippen LogP contribution in [-0.4, -0.2) is 0 Å². The molecule has 23 heavy (non-hydrogen) atoms. The number of aryl methyl sites for hydroxylation is 1. The van der Waals surface area contributed by atoms with Crippen LogP contribution in [0.2, 0.25) is 0 Å². The molecule has 0 N–H and O–H groups in total. The minimum atomic E-state index is 0. The highest BCUT2D eigenvalue weighted by Crippen LogP contribution is 2.26. The molecule has 0 bridgehead atoms. The molecular formula is C23H36. The number of hydrogen-bond acceptors (Lipinski definition) is 0. The van der Waals surface area contributed by atoms with Crippen molar-refractivity contribution in [3.05, 3.63) is 59.7 Å². The van der Waals surface area contributed by atoms with Gasteiger partial charge in [0.25, 0.3) is 0 Å². The summed E-state index contributed by atoms with van der Waals surface area (Å²) in [6.07, 6.45) is 17.5. The van der Waals surface area contributed by atoms with Crippen molar-refractivity contribution in [3.8, 4) is 0 Å². The van der Waals surface area contributed by atoms with Gasteiger partial charge in [0, 0.05) is 0 Å². The minimum absolute atomic E-state index is 0. The Morgan fingerprint density at radius 2 is 1.61 bits per heavy atom. The highest BCUT2D eigenvalue weighted by Gasteiger charge is 2.13. The first kappa shape index (κ1) is 19.7. The van der Waals surface area contributed by atoms with Gasteiger partial charge in [-0.05, 0) is 68.8 Å². The Kier molecular flexibility index (Phi) is 9.67. The summed E-state index contributed by atoms with van der Waals surface area (Å²) < 4.78 is 0. The number of benzene rings is 1. The van der Waals surface area contributed by atoms with E-state index in [4.69, 9.17) is 0 Å². The van der Waals surface area contributed by atoms with Gasteiger partial charge in [0.1, 0.15) is 0 Å². The second-order valence-electron chi connectivity index (χ2n) is 7.03. The fourth-order valence-corrected chi connectivity index (χ4v) is 3.45. The molecule has 1 aliphatic carbocycles. The second-order valence-corrected chi connectivity index (χ2v) is 7.03. The van der Waals surface area contributed by atoms with Gasteiger partial charge in [-0.25, -0.2) is 0 Å². The van der Waals surface area contributed by atoms with E-state index in [-0.39, 0.29) is 7.43 Å². The van der Waals surface area contributed by atoms with Gasteiger partial charge in [-0.15, -0.1) is 0 Å². The molecule has 0 spiro atoms. The van der Waals surface area contributed by atoms with Gasteiger partial charge in [0.15, 0.2) is 0 Å². The van der Waals surface area contributed by atoms with Gasteiger partial charge < -0.3 is 0 Å². The first-order valence-electron chi connectivity index (χ1n) is 9.15. The smallest absolute Gasteiger partial charge is 0.0279 e. The maximum atomic E-state index is 2.43. The van der Waals surface area contributed by atoms with Crippen molar-refractivity contribution in [2.24, 2.45) is 11.8 Å². The summed E-state index contributed by atoms with van der Waals surface area (Å²) in [5, 5.41) is 0. The normalized spacial score (nSPS) is 15.2. The van der Waals surface area contributed by atoms with E-state index in [9.17, 15) is 0 Å². The summed E-state index contributed by atoms with van der Waals surface area (Å²) >= 11 is 0. The predicted molar refractivity (Wildman–Crippen MR) is 105 cm³/mol. The third kappa shape index (κ3) is 7.68. The lowest BCUT2D eigenvalue weighted by atomic mass is 9.85. The Bertz CT molecular complexity index is 464. The van der Waals surface area contributed by atoms with Crippen molar-refractivity contribution in [1.29, 1.82) is 0 Å². The fraction of sp³-hybridized carbons (Fsp3) is 0.565. The Morgan fingerprint density at radius 1 is 0.913 bits per heavy atom. The van der Waals surface area contributed by atoms with E-state index in [0.717, 1.165) is 11.8 Å². The van der Waals surface area contributed by atoms with Gasteiger partial charge in [0.2, 0.25) is 0 Å². The lowest BCUT2D eigenvalue weighted by Crippen LogP contribution is -2.09. The average Bonchev–Trinajstić information content (AvgIpc) is 2.55. The number of rotatable bonds is 9. The molecule has 0 heterocycles. The lowest BCUT2D eigenvalue weighted by Gasteiger charge is -2.21. The molecule has 2 rings (SSSR count). The van der Waals surface area contributed by atoms with Crippen molar-refractivity contribution in [2.75, 3.05) is 0 Å². The highest BCUT2D eigenvalue weighted by atomic mass is 14.2. The molecule has 0 amide bonds. The van der Waals surface area contributed by atoms with E-state index < -0.39 is 0 Å². The standard InChI is InChI=1S/C22H32.CH4/c1-19(2)22(17-9-15-20-11-5-3-6-12-20)18-10-16-21-13-7-4-8-14-21;/h3,5-7,11-14,19,22H,4,8-10,15-18H2,1-2H3;1H4. The highest BCUT2D eigenvalue weighted by molar-refractivity contribution is 5.21. The first-order valence-corrected chi connectivity index (χ1v) is 9.15. The maximum Gasteiger partial charge on any atom is -0.0279 e. The van der Waals surface area contributed by atoms with Crippen LogP contribution >= 0.6 is 0 Å². The number of hydrogen-bond donors (Lipinski definition) is 0. The van der Waals surface area contributed by atoms with E-state index in [1.807, 2.05) is 0 Å². The van der Waals surface area contributed by atoms with Crippen LogP contribution in [0.15, 0.2) is 54.1 Å². The fourth-order valence-electron chi connectivity index (χ4n) is 3.45. The van der Waals surface area contributed by atoms with E-state index in [1.54, 1.807) is 5.57 Å². The monoisotopic (exact) mass is 312 g/mol. The molecule has 1 unspecified atom stereocenters. The molecule has 0 heteroatoms. The summed E-state index contributed by atoms with van der Waals surface area (Å²) in [6.45, 7) is 4.79. The zero-order valence-electron chi connectivity index (χ0n) is 14.4. The summed E-state index contributed by atoms with van der Waals surface area (Å²) in [5.41, 5.74) is 3.06. The van der Waals surface area contributed by atoms with Crippen LogP contribution in [0.25, 0.3) is 0 Å². The Hall–Kier alpha value is -1.30. The van der Waals surface area contributed by atoms with Crippen LogP contribution in [0.5, 0.6) is 0 Å². The molecule has 0 saturated carbocycles. The van der Waals surface area contributed by atoms with E-state index in [2.05, 4.69) is 62.4 Å². The molecule has 0 nitrogen and oxygen atoms in total. The molecule has 0 aromatic heterocycles. The van der Waals surface area contributed by atoms with E-state index >= 15 is 0 Å². The molecule has 1 aliphatic rings. The lowest BCUT2D eigenvalue weighted by molar-refractivity contribution is 0.322. The molecule has 128 valence electrons. The van der Waals surface area contributed by atoms with E-state index in [1.165, 1.54) is 56.9 Å². The van der Waals surface area contributed by atoms with Crippen molar-refractivity contribution < 1.29 is 0 Å². The topological polar surface area (TPSA) is 0 Å². The molecule has 1 atom stereocenters. The molecule has 0 aliphatic heterocycles. The first-order chi connectivity index (χ1) is 10.8. The van der Waals surface area contributed by atoms with Gasteiger partial charge in [-0.1, -0.05) is 75.4 Å². The zero-order valence-corrected chi connectivity index (χ0v) is 14.4. The average molecular weight is 313 g/mol. The summed E-state index contributed by atoms with van der Waals surface area (Å²) in [4.78, 5) is 0. The van der Waals surface area contributed by atoms with Gasteiger partial charge >= 0.3 is 0 Å². The molecule has 0 saturated heterocycles. The van der Waals surface area contributed by atoms with Gasteiger partial charge in [-0.2, -0.15) is 0 Å². The van der Waals surface area contributed by atoms with Gasteiger partial charge in [0.05, 0.1) is 0 Å². The van der Waals surface area contributed by atoms with Crippen LogP contribution < -0.4 is 0 Å². The van der Waals surface area contributed by atoms with Crippen LogP contribution in [-0.2, 0) is 6.42 Å². The molecule has 1 aromatic rings. The Balaban J connectivity index is 0.00000264. The third-order valence-electron chi connectivity index (χ3n) is 4.94. The minimum Gasteiger partial charge on any atom is -0.0840 e. The van der Waals surface area contributed by atoms with Crippen molar-refractivity contribution >= 4 is 0 Å². The predicted octanol–water partition coefficient (Wildman–Crippen LogP) is 7.36. The summed E-state index contributed by atoms with van der Waals surface area (Å²) in [7, 11) is 0. The Morgan fingerprint density at radius 3 is 2.22 bits per heavy atom. The van der Waals surface area contributed by atoms with Crippen LogP contribution in [0.1, 0.15) is 71.8 Å². The van der Waals surface area contributed by atoms with Crippen molar-refractivity contribution in [2.45, 2.75) is 72.6 Å². The maximum absolute atomic E-state index is 2.43. The zero-order chi connectivity index (χ0) is 15.6. The van der Waals surface area contributed by atoms with Crippen LogP contribution in [0.3, 0.4) is 0 Å². The van der Waals surface area contributed by atoms with Gasteiger partial charge in [-0.3, -0.25) is 0 Å². The SMILES string of the molecule is C.CC(C)C(CCCC1=CCCC=C1)CCCc1ccccc1. The van der Waals surface area contributed by atoms with Crippen molar-refractivity contribution in [1.82, 2.24) is 0 Å².